The molecule has 1 saturated heterocycles. The molecule has 2 N–H and O–H groups in total. The summed E-state index contributed by atoms with van der Waals surface area (Å²) in [6, 6.07) is 5.18. The Bertz CT molecular complexity index is 990. The Hall–Kier alpha value is -3.10. The van der Waals surface area contributed by atoms with E-state index in [1.807, 2.05) is 33.8 Å². The fourth-order valence-electron chi connectivity index (χ4n) is 5.10. The summed E-state index contributed by atoms with van der Waals surface area (Å²) < 4.78 is 0. The fourth-order valence-corrected chi connectivity index (χ4v) is 5.10. The molecule has 9 nitrogen and oxygen atoms in total. The summed E-state index contributed by atoms with van der Waals surface area (Å²) in [6.45, 7) is 10.9. The van der Waals surface area contributed by atoms with E-state index in [-0.39, 0.29) is 29.8 Å². The monoisotopic (exact) mass is 486 g/mol. The lowest BCUT2D eigenvalue weighted by Crippen LogP contribution is -2.53. The number of likely N-dealkylation sites (tertiary alicyclic amines) is 1. The zero-order chi connectivity index (χ0) is 25.9. The standard InChI is InChI=1S/C26H38N4O5/c1-6-22(31)27-11-13-29-21-14-18(9-10-19(21)15-26(4,5)24(29)33)23(32)30(17(2)3)20-8-7-12-28(16-20)25(34)35/h9-10,14,17,20H,6-8,11-13,15-16H2,1-5H3,(H,27,31)(H,34,35)/t20-/m1/s1. The number of nitrogens with one attached hydrogen (secondary N) is 1. The first-order valence-corrected chi connectivity index (χ1v) is 12.5. The summed E-state index contributed by atoms with van der Waals surface area (Å²) in [5, 5.41) is 12.3. The minimum absolute atomic E-state index is 0.0366. The maximum Gasteiger partial charge on any atom is 0.407 e. The third-order valence-corrected chi connectivity index (χ3v) is 6.91. The van der Waals surface area contributed by atoms with Crippen molar-refractivity contribution >= 4 is 29.5 Å². The molecule has 9 heteroatoms. The summed E-state index contributed by atoms with van der Waals surface area (Å²) in [5.74, 6) is -0.282. The van der Waals surface area contributed by atoms with Gasteiger partial charge in [-0.25, -0.2) is 4.79 Å². The van der Waals surface area contributed by atoms with Crippen molar-refractivity contribution in [2.24, 2.45) is 5.41 Å². The van der Waals surface area contributed by atoms with Gasteiger partial charge >= 0.3 is 6.09 Å². The lowest BCUT2D eigenvalue weighted by molar-refractivity contribution is -0.127. The maximum atomic E-state index is 13.7. The van der Waals surface area contributed by atoms with Crippen molar-refractivity contribution in [1.29, 1.82) is 0 Å². The molecule has 2 aliphatic heterocycles. The third kappa shape index (κ3) is 5.77. The summed E-state index contributed by atoms with van der Waals surface area (Å²) >= 11 is 0. The molecule has 1 aromatic rings. The second-order valence-corrected chi connectivity index (χ2v) is 10.4. The molecule has 1 aromatic carbocycles. The van der Waals surface area contributed by atoms with Crippen molar-refractivity contribution in [3.63, 3.8) is 0 Å². The van der Waals surface area contributed by atoms with E-state index in [9.17, 15) is 24.3 Å². The average molecular weight is 487 g/mol. The molecule has 35 heavy (non-hydrogen) atoms. The van der Waals surface area contributed by atoms with Crippen molar-refractivity contribution in [2.75, 3.05) is 31.1 Å². The van der Waals surface area contributed by atoms with Crippen molar-refractivity contribution in [3.8, 4) is 0 Å². The SMILES string of the molecule is CCC(=O)NCCN1C(=O)C(C)(C)Cc2ccc(C(=O)N(C(C)C)[C@@H]3CCCN(C(=O)O)C3)cc21. The van der Waals surface area contributed by atoms with Gasteiger partial charge in [-0.2, -0.15) is 0 Å². The van der Waals surface area contributed by atoms with Gasteiger partial charge in [0.2, 0.25) is 11.8 Å². The number of carbonyl (C=O) groups excluding carboxylic acids is 3. The first kappa shape index (κ1) is 26.5. The minimum atomic E-state index is -0.966. The quantitative estimate of drug-likeness (QED) is 0.615. The van der Waals surface area contributed by atoms with Gasteiger partial charge in [-0.1, -0.05) is 26.8 Å². The number of carboxylic acid groups (broad SMARTS) is 1. The van der Waals surface area contributed by atoms with Crippen LogP contribution in [0, 0.1) is 5.41 Å². The van der Waals surface area contributed by atoms with Crippen LogP contribution >= 0.6 is 0 Å². The van der Waals surface area contributed by atoms with E-state index in [1.165, 1.54) is 4.90 Å². The number of fused-ring (bicyclic) bond motifs is 1. The number of rotatable bonds is 7. The van der Waals surface area contributed by atoms with Crippen LogP contribution < -0.4 is 10.2 Å². The Balaban J connectivity index is 1.90. The molecule has 4 amide bonds. The second kappa shape index (κ2) is 10.7. The normalized spacial score (nSPS) is 19.4. The number of nitrogens with zero attached hydrogens (tertiary/aromatic N) is 3. The van der Waals surface area contributed by atoms with E-state index >= 15 is 0 Å². The Morgan fingerprint density at radius 2 is 1.97 bits per heavy atom. The number of benzene rings is 1. The summed E-state index contributed by atoms with van der Waals surface area (Å²) in [6.07, 6.45) is 1.43. The van der Waals surface area contributed by atoms with Crippen molar-refractivity contribution < 1.29 is 24.3 Å². The lowest BCUT2D eigenvalue weighted by atomic mass is 9.80. The maximum absolute atomic E-state index is 13.7. The third-order valence-electron chi connectivity index (χ3n) is 6.91. The largest absolute Gasteiger partial charge is 0.465 e. The zero-order valence-corrected chi connectivity index (χ0v) is 21.5. The van der Waals surface area contributed by atoms with Gasteiger partial charge in [0, 0.05) is 55.3 Å². The average Bonchev–Trinajstić information content (AvgIpc) is 2.81. The van der Waals surface area contributed by atoms with E-state index in [0.29, 0.717) is 56.7 Å². The van der Waals surface area contributed by atoms with E-state index in [1.54, 1.807) is 28.9 Å². The van der Waals surface area contributed by atoms with Gasteiger partial charge in [-0.05, 0) is 50.8 Å². The highest BCUT2D eigenvalue weighted by Crippen LogP contribution is 2.38. The molecule has 0 aliphatic carbocycles. The van der Waals surface area contributed by atoms with Crippen LogP contribution in [0.4, 0.5) is 10.5 Å². The number of hydrogen-bond acceptors (Lipinski definition) is 4. The topological polar surface area (TPSA) is 110 Å². The van der Waals surface area contributed by atoms with Crippen molar-refractivity contribution in [1.82, 2.24) is 15.1 Å². The number of carbonyl (C=O) groups is 4. The van der Waals surface area contributed by atoms with Crippen LogP contribution in [0.5, 0.6) is 0 Å². The van der Waals surface area contributed by atoms with Gasteiger partial charge in [0.05, 0.1) is 6.04 Å². The van der Waals surface area contributed by atoms with Gasteiger partial charge in [-0.3, -0.25) is 14.4 Å². The highest BCUT2D eigenvalue weighted by atomic mass is 16.4. The molecule has 0 radical (unpaired) electrons. The van der Waals surface area contributed by atoms with Crippen molar-refractivity contribution in [2.45, 2.75) is 72.4 Å². The minimum Gasteiger partial charge on any atom is -0.465 e. The molecule has 0 bridgehead atoms. The van der Waals surface area contributed by atoms with Crippen molar-refractivity contribution in [3.05, 3.63) is 29.3 Å². The van der Waals surface area contributed by atoms with Gasteiger partial charge < -0.3 is 25.1 Å². The molecule has 3 rings (SSSR count). The van der Waals surface area contributed by atoms with Crippen LogP contribution in [0.3, 0.4) is 0 Å². The Kier molecular flexibility index (Phi) is 8.07. The smallest absolute Gasteiger partial charge is 0.407 e. The molecule has 192 valence electrons. The highest BCUT2D eigenvalue weighted by Gasteiger charge is 2.39. The highest BCUT2D eigenvalue weighted by molar-refractivity contribution is 6.02. The molecule has 2 aliphatic rings. The van der Waals surface area contributed by atoms with E-state index in [2.05, 4.69) is 5.32 Å². The Morgan fingerprint density at radius 1 is 1.26 bits per heavy atom. The first-order chi connectivity index (χ1) is 16.5. The predicted molar refractivity (Wildman–Crippen MR) is 134 cm³/mol. The Morgan fingerprint density at radius 3 is 2.60 bits per heavy atom. The first-order valence-electron chi connectivity index (χ1n) is 12.5. The number of anilines is 1. The van der Waals surface area contributed by atoms with E-state index in [0.717, 1.165) is 12.0 Å². The zero-order valence-electron chi connectivity index (χ0n) is 21.5. The molecule has 1 atom stereocenters. The number of amides is 4. The molecule has 0 spiro atoms. The molecular weight excluding hydrogens is 448 g/mol. The predicted octanol–water partition coefficient (Wildman–Crippen LogP) is 3.12. The number of piperidine rings is 1. The van der Waals surface area contributed by atoms with Gasteiger partial charge in [0.25, 0.3) is 5.91 Å². The molecule has 2 heterocycles. The van der Waals surface area contributed by atoms with Crippen LogP contribution in [-0.2, 0) is 16.0 Å². The van der Waals surface area contributed by atoms with Crippen LogP contribution in [0.2, 0.25) is 0 Å². The van der Waals surface area contributed by atoms with Crippen LogP contribution in [0.15, 0.2) is 18.2 Å². The van der Waals surface area contributed by atoms with Gasteiger partial charge in [-0.15, -0.1) is 0 Å². The van der Waals surface area contributed by atoms with Crippen LogP contribution in [0.1, 0.15) is 69.8 Å². The lowest BCUT2D eigenvalue weighted by Gasteiger charge is -2.41. The van der Waals surface area contributed by atoms with Gasteiger partial charge in [0.1, 0.15) is 0 Å². The number of hydrogen-bond donors (Lipinski definition) is 2. The summed E-state index contributed by atoms with van der Waals surface area (Å²) in [5.41, 5.74) is 1.57. The van der Waals surface area contributed by atoms with Crippen LogP contribution in [0.25, 0.3) is 0 Å². The van der Waals surface area contributed by atoms with Crippen LogP contribution in [-0.4, -0.2) is 77.0 Å². The fraction of sp³-hybridized carbons (Fsp3) is 0.615. The molecule has 0 saturated carbocycles. The van der Waals surface area contributed by atoms with Gasteiger partial charge in [0.15, 0.2) is 0 Å². The molecule has 0 unspecified atom stereocenters. The van der Waals surface area contributed by atoms with E-state index in [4.69, 9.17) is 0 Å². The summed E-state index contributed by atoms with van der Waals surface area (Å²) in [4.78, 5) is 55.0. The summed E-state index contributed by atoms with van der Waals surface area (Å²) in [7, 11) is 0. The van der Waals surface area contributed by atoms with E-state index < -0.39 is 11.5 Å². The second-order valence-electron chi connectivity index (χ2n) is 10.4. The molecule has 0 aromatic heterocycles. The molecular formula is C26H38N4O5. The Labute approximate surface area is 207 Å². The molecule has 1 fully saturated rings.